The summed E-state index contributed by atoms with van der Waals surface area (Å²) in [5.74, 6) is 1.35. The predicted octanol–water partition coefficient (Wildman–Crippen LogP) is 3.16. The topological polar surface area (TPSA) is 22.4 Å². The molecular formula is C9H7BrO2. The molecule has 0 unspecified atom stereocenters. The molecule has 12 heavy (non-hydrogen) atoms. The van der Waals surface area contributed by atoms with Crippen molar-refractivity contribution in [2.45, 2.75) is 0 Å². The van der Waals surface area contributed by atoms with Crippen molar-refractivity contribution in [2.75, 3.05) is 7.11 Å². The van der Waals surface area contributed by atoms with Crippen molar-refractivity contribution in [3.8, 4) is 17.3 Å². The molecule has 0 aromatic rings. The SMILES string of the molecule is COc1cc(Br)c2cccc-2o1. The van der Waals surface area contributed by atoms with E-state index in [2.05, 4.69) is 15.9 Å². The first-order valence-electron chi connectivity index (χ1n) is 3.53. The highest BCUT2D eigenvalue weighted by Crippen LogP contribution is 2.35. The van der Waals surface area contributed by atoms with Gasteiger partial charge in [0, 0.05) is 16.1 Å². The maximum Gasteiger partial charge on any atom is 0.285 e. The largest absolute Gasteiger partial charge is 0.468 e. The fourth-order valence-electron chi connectivity index (χ4n) is 1.11. The van der Waals surface area contributed by atoms with Gasteiger partial charge in [-0.1, -0.05) is 6.07 Å². The molecule has 0 spiro atoms. The molecule has 3 heteroatoms. The van der Waals surface area contributed by atoms with Gasteiger partial charge in [0.2, 0.25) is 0 Å². The van der Waals surface area contributed by atoms with Crippen LogP contribution in [0.5, 0.6) is 5.95 Å². The van der Waals surface area contributed by atoms with Crippen LogP contribution in [0.3, 0.4) is 0 Å². The molecule has 0 amide bonds. The Morgan fingerprint density at radius 2 is 2.25 bits per heavy atom. The van der Waals surface area contributed by atoms with Crippen LogP contribution in [0.1, 0.15) is 0 Å². The summed E-state index contributed by atoms with van der Waals surface area (Å²) < 4.78 is 11.3. The van der Waals surface area contributed by atoms with Gasteiger partial charge < -0.3 is 9.15 Å². The first-order chi connectivity index (χ1) is 5.81. The van der Waals surface area contributed by atoms with E-state index in [1.807, 2.05) is 24.3 Å². The Hall–Kier alpha value is -0.960. The zero-order valence-corrected chi connectivity index (χ0v) is 8.09. The van der Waals surface area contributed by atoms with Crippen LogP contribution in [0.4, 0.5) is 0 Å². The number of ether oxygens (including phenoxy) is 1. The summed E-state index contributed by atoms with van der Waals surface area (Å²) in [5, 5.41) is 0. The normalized spacial score (nSPS) is 10.5. The third-order valence-corrected chi connectivity index (χ3v) is 2.35. The van der Waals surface area contributed by atoms with E-state index in [1.165, 1.54) is 0 Å². The van der Waals surface area contributed by atoms with Gasteiger partial charge in [-0.05, 0) is 28.1 Å². The molecule has 0 saturated carbocycles. The van der Waals surface area contributed by atoms with Crippen molar-refractivity contribution in [3.05, 3.63) is 28.7 Å². The summed E-state index contributed by atoms with van der Waals surface area (Å²) in [4.78, 5) is 0. The minimum atomic E-state index is 0.514. The maximum atomic E-state index is 5.38. The van der Waals surface area contributed by atoms with Crippen molar-refractivity contribution >= 4 is 15.9 Å². The van der Waals surface area contributed by atoms with Gasteiger partial charge >= 0.3 is 0 Å². The van der Waals surface area contributed by atoms with E-state index in [9.17, 15) is 0 Å². The minimum Gasteiger partial charge on any atom is -0.468 e. The zero-order valence-electron chi connectivity index (χ0n) is 6.50. The Morgan fingerprint density at radius 3 is 3.00 bits per heavy atom. The highest BCUT2D eigenvalue weighted by atomic mass is 79.9. The van der Waals surface area contributed by atoms with E-state index in [4.69, 9.17) is 9.15 Å². The molecule has 2 aliphatic rings. The minimum absolute atomic E-state index is 0.514. The average Bonchev–Trinajstić information content (AvgIpc) is 2.52. The Balaban J connectivity index is 2.67. The number of methoxy groups -OCH3 is 1. The molecular weight excluding hydrogens is 220 g/mol. The van der Waals surface area contributed by atoms with E-state index in [-0.39, 0.29) is 0 Å². The molecule has 0 aromatic heterocycles. The second-order valence-electron chi connectivity index (χ2n) is 2.42. The molecule has 1 aliphatic carbocycles. The van der Waals surface area contributed by atoms with Crippen LogP contribution in [0.25, 0.3) is 11.3 Å². The van der Waals surface area contributed by atoms with E-state index in [1.54, 1.807) is 7.11 Å². The molecule has 0 fully saturated rings. The monoisotopic (exact) mass is 226 g/mol. The standard InChI is InChI=1S/C9H7BrO2/c1-11-9-5-7(10)6-3-2-4-8(6)12-9/h2-5H,1H3. The molecule has 1 aliphatic heterocycles. The number of hydrogen-bond donors (Lipinski definition) is 0. The van der Waals surface area contributed by atoms with Crippen LogP contribution in [-0.2, 0) is 0 Å². The number of halogens is 1. The van der Waals surface area contributed by atoms with Crippen molar-refractivity contribution in [3.63, 3.8) is 0 Å². The second kappa shape index (κ2) is 2.83. The van der Waals surface area contributed by atoms with E-state index < -0.39 is 0 Å². The van der Waals surface area contributed by atoms with Crippen LogP contribution < -0.4 is 4.74 Å². The molecule has 62 valence electrons. The molecule has 2 rings (SSSR count). The summed E-state index contributed by atoms with van der Waals surface area (Å²) in [6.07, 6.45) is 0. The lowest BCUT2D eigenvalue weighted by atomic mass is 10.2. The first-order valence-corrected chi connectivity index (χ1v) is 4.32. The Kier molecular flexibility index (Phi) is 1.81. The smallest absolute Gasteiger partial charge is 0.285 e. The summed E-state index contributed by atoms with van der Waals surface area (Å²) in [7, 11) is 1.58. The van der Waals surface area contributed by atoms with Crippen LogP contribution >= 0.6 is 15.9 Å². The molecule has 2 nitrogen and oxygen atoms in total. The lowest BCUT2D eigenvalue weighted by Gasteiger charge is -2.04. The summed E-state index contributed by atoms with van der Waals surface area (Å²) in [6, 6.07) is 7.64. The highest BCUT2D eigenvalue weighted by Gasteiger charge is 2.10. The fourth-order valence-corrected chi connectivity index (χ4v) is 1.62. The van der Waals surface area contributed by atoms with Crippen molar-refractivity contribution in [1.29, 1.82) is 0 Å². The first kappa shape index (κ1) is 7.68. The van der Waals surface area contributed by atoms with Crippen molar-refractivity contribution in [1.82, 2.24) is 0 Å². The predicted molar refractivity (Wildman–Crippen MR) is 49.6 cm³/mol. The van der Waals surface area contributed by atoms with Gasteiger partial charge in [0.05, 0.1) is 7.11 Å². The van der Waals surface area contributed by atoms with Gasteiger partial charge in [-0.3, -0.25) is 0 Å². The van der Waals surface area contributed by atoms with Gasteiger partial charge in [-0.15, -0.1) is 0 Å². The lowest BCUT2D eigenvalue weighted by Crippen LogP contribution is -1.84. The van der Waals surface area contributed by atoms with Crippen molar-refractivity contribution < 1.29 is 9.15 Å². The molecule has 0 saturated heterocycles. The van der Waals surface area contributed by atoms with Gasteiger partial charge in [0.25, 0.3) is 5.95 Å². The molecule has 0 N–H and O–H groups in total. The van der Waals surface area contributed by atoms with E-state index in [0.29, 0.717) is 5.95 Å². The van der Waals surface area contributed by atoms with Gasteiger partial charge in [0.15, 0.2) is 0 Å². The maximum absolute atomic E-state index is 5.38. The summed E-state index contributed by atoms with van der Waals surface area (Å²) in [5.41, 5.74) is 1.07. The molecule has 0 bridgehead atoms. The summed E-state index contributed by atoms with van der Waals surface area (Å²) in [6.45, 7) is 0. The fraction of sp³-hybridized carbons (Fsp3) is 0.111. The highest BCUT2D eigenvalue weighted by molar-refractivity contribution is 9.10. The zero-order chi connectivity index (χ0) is 8.55. The van der Waals surface area contributed by atoms with E-state index in [0.717, 1.165) is 15.8 Å². The molecule has 0 radical (unpaired) electrons. The Labute approximate surface area is 78.6 Å². The second-order valence-corrected chi connectivity index (χ2v) is 3.28. The number of hydrogen-bond acceptors (Lipinski definition) is 2. The van der Waals surface area contributed by atoms with Gasteiger partial charge in [0.1, 0.15) is 5.76 Å². The van der Waals surface area contributed by atoms with Crippen LogP contribution in [0.2, 0.25) is 0 Å². The third-order valence-electron chi connectivity index (χ3n) is 1.69. The molecule has 0 aromatic carbocycles. The Bertz CT molecular complexity index is 367. The molecule has 1 heterocycles. The Morgan fingerprint density at radius 1 is 1.42 bits per heavy atom. The summed E-state index contributed by atoms with van der Waals surface area (Å²) >= 11 is 3.43. The van der Waals surface area contributed by atoms with Crippen LogP contribution in [-0.4, -0.2) is 7.11 Å². The number of rotatable bonds is 1. The van der Waals surface area contributed by atoms with Crippen LogP contribution in [0, 0.1) is 0 Å². The van der Waals surface area contributed by atoms with E-state index >= 15 is 0 Å². The quantitative estimate of drug-likeness (QED) is 0.746. The van der Waals surface area contributed by atoms with Crippen molar-refractivity contribution in [2.24, 2.45) is 0 Å². The third kappa shape index (κ3) is 1.10. The van der Waals surface area contributed by atoms with Gasteiger partial charge in [-0.2, -0.15) is 0 Å². The van der Waals surface area contributed by atoms with Gasteiger partial charge in [-0.25, -0.2) is 0 Å². The lowest BCUT2D eigenvalue weighted by molar-refractivity contribution is 0.301. The molecule has 0 atom stereocenters. The number of fused-ring (bicyclic) bond motifs is 1. The average molecular weight is 227 g/mol. The van der Waals surface area contributed by atoms with Crippen LogP contribution in [0.15, 0.2) is 33.2 Å².